The third-order valence-electron chi connectivity index (χ3n) is 5.24. The van der Waals surface area contributed by atoms with Gasteiger partial charge in [0.05, 0.1) is 12.2 Å². The summed E-state index contributed by atoms with van der Waals surface area (Å²) in [6.45, 7) is 2.12. The maximum atomic E-state index is 12.5. The van der Waals surface area contributed by atoms with E-state index in [1.165, 1.54) is 4.31 Å². The molecule has 0 saturated carbocycles. The molecule has 2 aliphatic heterocycles. The number of hydrogen-bond acceptors (Lipinski definition) is 4. The second-order valence-corrected chi connectivity index (χ2v) is 9.44. The topological polar surface area (TPSA) is 73.8 Å². The van der Waals surface area contributed by atoms with E-state index in [0.29, 0.717) is 32.6 Å². The second-order valence-electron chi connectivity index (χ2n) is 7.30. The molecule has 0 bridgehead atoms. The Morgan fingerprint density at radius 3 is 2.72 bits per heavy atom. The number of pyridine rings is 1. The number of carbonyl (C=O) groups is 1. The normalized spacial score (nSPS) is 25.7. The Labute approximate surface area is 149 Å². The summed E-state index contributed by atoms with van der Waals surface area (Å²) in [6, 6.07) is 5.69. The van der Waals surface area contributed by atoms with Crippen molar-refractivity contribution in [2.24, 2.45) is 5.41 Å². The maximum absolute atomic E-state index is 12.5. The van der Waals surface area contributed by atoms with Crippen molar-refractivity contribution >= 4 is 16.1 Å². The zero-order valence-electron chi connectivity index (χ0n) is 14.9. The highest BCUT2D eigenvalue weighted by atomic mass is 32.2. The van der Waals surface area contributed by atoms with Gasteiger partial charge in [-0.1, -0.05) is 6.07 Å². The van der Waals surface area contributed by atoms with Gasteiger partial charge >= 0.3 is 0 Å². The van der Waals surface area contributed by atoms with Gasteiger partial charge in [-0.2, -0.15) is 17.0 Å². The molecule has 2 fully saturated rings. The first-order valence-corrected chi connectivity index (χ1v) is 10.1. The molecule has 0 N–H and O–H groups in total. The van der Waals surface area contributed by atoms with Crippen molar-refractivity contribution in [1.29, 1.82) is 0 Å². The highest BCUT2D eigenvalue weighted by Gasteiger charge is 2.44. The van der Waals surface area contributed by atoms with Crippen LogP contribution in [0.4, 0.5) is 0 Å². The molecule has 3 rings (SSSR count). The lowest BCUT2D eigenvalue weighted by atomic mass is 9.74. The summed E-state index contributed by atoms with van der Waals surface area (Å²) in [5.41, 5.74) is 0.714. The average Bonchev–Trinajstić information content (AvgIpc) is 2.59. The standard InChI is InChI=1S/C17H26N4O3S/c1-19(2)25(23,24)21-11-5-8-17(14-21)9-7-16(22)20(13-17)12-15-6-3-4-10-18-15/h3-4,6,10H,5,7-9,11-14H2,1-2H3/t17-/m1/s1. The van der Waals surface area contributed by atoms with E-state index in [0.717, 1.165) is 25.0 Å². The molecule has 0 unspecified atom stereocenters. The van der Waals surface area contributed by atoms with Crippen LogP contribution in [0.2, 0.25) is 0 Å². The molecule has 3 heterocycles. The monoisotopic (exact) mass is 366 g/mol. The lowest BCUT2D eigenvalue weighted by Crippen LogP contribution is -2.56. The molecule has 138 valence electrons. The summed E-state index contributed by atoms with van der Waals surface area (Å²) < 4.78 is 27.9. The van der Waals surface area contributed by atoms with E-state index in [1.54, 1.807) is 24.6 Å². The molecule has 0 radical (unpaired) electrons. The third-order valence-corrected chi connectivity index (χ3v) is 7.13. The van der Waals surface area contributed by atoms with Crippen LogP contribution in [0.3, 0.4) is 0 Å². The average molecular weight is 366 g/mol. The molecule has 1 amide bonds. The minimum atomic E-state index is -3.41. The van der Waals surface area contributed by atoms with Gasteiger partial charge in [-0.15, -0.1) is 0 Å². The quantitative estimate of drug-likeness (QED) is 0.800. The Hall–Kier alpha value is -1.51. The summed E-state index contributed by atoms with van der Waals surface area (Å²) in [5.74, 6) is 0.129. The molecule has 1 spiro atoms. The van der Waals surface area contributed by atoms with Crippen LogP contribution in [0, 0.1) is 5.41 Å². The third kappa shape index (κ3) is 3.86. The number of amides is 1. The molecule has 1 aromatic rings. The lowest BCUT2D eigenvalue weighted by Gasteiger charge is -2.48. The van der Waals surface area contributed by atoms with Crippen molar-refractivity contribution in [3.05, 3.63) is 30.1 Å². The van der Waals surface area contributed by atoms with Crippen LogP contribution in [0.15, 0.2) is 24.4 Å². The zero-order valence-corrected chi connectivity index (χ0v) is 15.7. The van der Waals surface area contributed by atoms with Gasteiger partial charge in [-0.25, -0.2) is 0 Å². The Kier molecular flexibility index (Phi) is 5.13. The summed E-state index contributed by atoms with van der Waals surface area (Å²) >= 11 is 0. The van der Waals surface area contributed by atoms with E-state index in [1.807, 2.05) is 23.1 Å². The van der Waals surface area contributed by atoms with Gasteiger partial charge in [0.25, 0.3) is 10.2 Å². The number of likely N-dealkylation sites (tertiary alicyclic amines) is 1. The molecular formula is C17H26N4O3S. The summed E-state index contributed by atoms with van der Waals surface area (Å²) in [4.78, 5) is 18.5. The Morgan fingerprint density at radius 2 is 2.04 bits per heavy atom. The summed E-state index contributed by atoms with van der Waals surface area (Å²) in [5, 5.41) is 0. The predicted octanol–water partition coefficient (Wildman–Crippen LogP) is 1.09. The SMILES string of the molecule is CN(C)S(=O)(=O)N1CCC[C@]2(CCC(=O)N(Cc3ccccn3)C2)C1. The van der Waals surface area contributed by atoms with Crippen molar-refractivity contribution in [2.75, 3.05) is 33.7 Å². The van der Waals surface area contributed by atoms with Gasteiger partial charge in [-0.05, 0) is 31.4 Å². The highest BCUT2D eigenvalue weighted by molar-refractivity contribution is 7.86. The molecule has 0 aromatic carbocycles. The fourth-order valence-corrected chi connectivity index (χ4v) is 5.12. The Balaban J connectivity index is 1.76. The van der Waals surface area contributed by atoms with Crippen LogP contribution in [0.5, 0.6) is 0 Å². The largest absolute Gasteiger partial charge is 0.336 e. The van der Waals surface area contributed by atoms with Gasteiger partial charge in [0.15, 0.2) is 0 Å². The molecule has 7 nitrogen and oxygen atoms in total. The number of aromatic nitrogens is 1. The molecule has 0 aliphatic carbocycles. The van der Waals surface area contributed by atoms with Crippen LogP contribution in [0.25, 0.3) is 0 Å². The molecule has 2 saturated heterocycles. The van der Waals surface area contributed by atoms with Crippen LogP contribution in [0.1, 0.15) is 31.4 Å². The van der Waals surface area contributed by atoms with Crippen LogP contribution < -0.4 is 0 Å². The van der Waals surface area contributed by atoms with E-state index in [-0.39, 0.29) is 11.3 Å². The van der Waals surface area contributed by atoms with Gasteiger partial charge in [0.2, 0.25) is 5.91 Å². The first-order chi connectivity index (χ1) is 11.8. The second kappa shape index (κ2) is 7.01. The van der Waals surface area contributed by atoms with Gasteiger partial charge in [-0.3, -0.25) is 9.78 Å². The van der Waals surface area contributed by atoms with Crippen LogP contribution in [-0.4, -0.2) is 66.5 Å². The van der Waals surface area contributed by atoms with E-state index in [4.69, 9.17) is 0 Å². The number of piperidine rings is 2. The molecular weight excluding hydrogens is 340 g/mol. The molecule has 2 aliphatic rings. The van der Waals surface area contributed by atoms with E-state index in [9.17, 15) is 13.2 Å². The number of nitrogens with zero attached hydrogens (tertiary/aromatic N) is 4. The molecule has 8 heteroatoms. The van der Waals surface area contributed by atoms with Crippen molar-refractivity contribution in [2.45, 2.75) is 32.2 Å². The van der Waals surface area contributed by atoms with Gasteiger partial charge < -0.3 is 4.90 Å². The van der Waals surface area contributed by atoms with Gasteiger partial charge in [0.1, 0.15) is 0 Å². The van der Waals surface area contributed by atoms with Crippen molar-refractivity contribution < 1.29 is 13.2 Å². The maximum Gasteiger partial charge on any atom is 0.281 e. The fraction of sp³-hybridized carbons (Fsp3) is 0.647. The number of rotatable bonds is 4. The highest BCUT2D eigenvalue weighted by Crippen LogP contribution is 2.40. The lowest BCUT2D eigenvalue weighted by molar-refractivity contribution is -0.139. The van der Waals surface area contributed by atoms with Crippen molar-refractivity contribution in [3.8, 4) is 0 Å². The smallest absolute Gasteiger partial charge is 0.281 e. The first-order valence-electron chi connectivity index (χ1n) is 8.68. The van der Waals surface area contributed by atoms with E-state index in [2.05, 4.69) is 4.98 Å². The first kappa shape index (κ1) is 18.3. The minimum absolute atomic E-state index is 0.129. The van der Waals surface area contributed by atoms with Crippen LogP contribution >= 0.6 is 0 Å². The van der Waals surface area contributed by atoms with E-state index >= 15 is 0 Å². The van der Waals surface area contributed by atoms with Crippen molar-refractivity contribution in [1.82, 2.24) is 18.5 Å². The summed E-state index contributed by atoms with van der Waals surface area (Å²) in [7, 11) is -0.287. The zero-order chi connectivity index (χ0) is 18.1. The minimum Gasteiger partial charge on any atom is -0.336 e. The fourth-order valence-electron chi connectivity index (χ4n) is 3.86. The predicted molar refractivity (Wildman–Crippen MR) is 94.7 cm³/mol. The van der Waals surface area contributed by atoms with E-state index < -0.39 is 10.2 Å². The van der Waals surface area contributed by atoms with Crippen molar-refractivity contribution in [3.63, 3.8) is 0 Å². The molecule has 1 aromatic heterocycles. The Bertz CT molecular complexity index is 723. The van der Waals surface area contributed by atoms with Gasteiger partial charge in [0, 0.05) is 51.8 Å². The molecule has 25 heavy (non-hydrogen) atoms. The Morgan fingerprint density at radius 1 is 1.24 bits per heavy atom. The van der Waals surface area contributed by atoms with Crippen LogP contribution in [-0.2, 0) is 21.5 Å². The molecule has 1 atom stereocenters. The summed E-state index contributed by atoms with van der Waals surface area (Å²) in [6.07, 6.45) is 4.75. The number of carbonyl (C=O) groups excluding carboxylic acids is 1. The number of hydrogen-bond donors (Lipinski definition) is 0.